The smallest absolute Gasteiger partial charge is 0.339 e. The number of halogens is 2. The Morgan fingerprint density at radius 2 is 2.06 bits per heavy atom. The number of methoxy groups -OCH3 is 1. The number of amides is 1. The molecular formula is C24H23BrFNO4. The number of fused-ring (bicyclic) bond motifs is 1. The molecule has 0 unspecified atom stereocenters. The molecule has 0 spiro atoms. The van der Waals surface area contributed by atoms with Crippen molar-refractivity contribution < 1.29 is 18.3 Å². The van der Waals surface area contributed by atoms with Gasteiger partial charge < -0.3 is 14.1 Å². The summed E-state index contributed by atoms with van der Waals surface area (Å²) in [6.07, 6.45) is 1.91. The van der Waals surface area contributed by atoms with Crippen LogP contribution in [0.4, 0.5) is 4.39 Å². The van der Waals surface area contributed by atoms with E-state index in [1.165, 1.54) is 11.0 Å². The van der Waals surface area contributed by atoms with Gasteiger partial charge >= 0.3 is 5.63 Å². The summed E-state index contributed by atoms with van der Waals surface area (Å²) >= 11 is 3.32. The number of nitrogens with zero attached hydrogens (tertiary/aromatic N) is 1. The summed E-state index contributed by atoms with van der Waals surface area (Å²) in [4.78, 5) is 26.9. The second-order valence-corrected chi connectivity index (χ2v) is 8.07. The highest BCUT2D eigenvalue weighted by Gasteiger charge is 2.18. The Hall–Kier alpha value is -2.93. The molecule has 0 aliphatic heterocycles. The molecule has 0 aliphatic carbocycles. The number of carbonyl (C=O) groups excluding carboxylic acids is 1. The Bertz CT molecular complexity index is 1190. The van der Waals surface area contributed by atoms with Crippen LogP contribution in [0, 0.1) is 12.7 Å². The summed E-state index contributed by atoms with van der Waals surface area (Å²) in [6, 6.07) is 9.90. The Balaban J connectivity index is 1.80. The number of ether oxygens (including phenoxy) is 1. The van der Waals surface area contributed by atoms with Crippen LogP contribution in [0.1, 0.15) is 23.1 Å². The van der Waals surface area contributed by atoms with Crippen LogP contribution in [-0.2, 0) is 17.8 Å². The zero-order valence-corrected chi connectivity index (χ0v) is 19.0. The Kier molecular flexibility index (Phi) is 7.28. The second kappa shape index (κ2) is 9.92. The molecule has 7 heteroatoms. The van der Waals surface area contributed by atoms with Crippen molar-refractivity contribution in [2.45, 2.75) is 26.3 Å². The van der Waals surface area contributed by atoms with Gasteiger partial charge in [-0.3, -0.25) is 4.79 Å². The van der Waals surface area contributed by atoms with Crippen molar-refractivity contribution in [1.29, 1.82) is 0 Å². The summed E-state index contributed by atoms with van der Waals surface area (Å²) < 4.78 is 25.5. The average molecular weight is 488 g/mol. The van der Waals surface area contributed by atoms with E-state index in [1.54, 1.807) is 37.5 Å². The van der Waals surface area contributed by atoms with Gasteiger partial charge in [0.05, 0.1) is 7.11 Å². The van der Waals surface area contributed by atoms with Gasteiger partial charge in [0.1, 0.15) is 17.1 Å². The highest BCUT2D eigenvalue weighted by molar-refractivity contribution is 9.10. The van der Waals surface area contributed by atoms with Crippen molar-refractivity contribution in [1.82, 2.24) is 4.90 Å². The van der Waals surface area contributed by atoms with E-state index in [0.29, 0.717) is 22.5 Å². The normalized spacial score (nSPS) is 10.8. The van der Waals surface area contributed by atoms with E-state index in [2.05, 4.69) is 22.5 Å². The molecule has 31 heavy (non-hydrogen) atoms. The molecule has 0 aliphatic rings. The summed E-state index contributed by atoms with van der Waals surface area (Å²) in [7, 11) is 1.54. The van der Waals surface area contributed by atoms with Crippen molar-refractivity contribution in [3.05, 3.63) is 86.5 Å². The summed E-state index contributed by atoms with van der Waals surface area (Å²) in [5.74, 6) is 0.0113. The predicted molar refractivity (Wildman–Crippen MR) is 122 cm³/mol. The number of hydrogen-bond acceptors (Lipinski definition) is 4. The van der Waals surface area contributed by atoms with Crippen molar-refractivity contribution >= 4 is 32.8 Å². The fourth-order valence-electron chi connectivity index (χ4n) is 3.46. The van der Waals surface area contributed by atoms with Crippen LogP contribution < -0.4 is 10.4 Å². The van der Waals surface area contributed by atoms with Crippen LogP contribution in [0.15, 0.2) is 62.7 Å². The van der Waals surface area contributed by atoms with Crippen LogP contribution in [0.2, 0.25) is 0 Å². The quantitative estimate of drug-likeness (QED) is 0.325. The molecule has 1 amide bonds. The molecule has 0 atom stereocenters. The van der Waals surface area contributed by atoms with E-state index in [9.17, 15) is 14.0 Å². The molecular weight excluding hydrogens is 465 g/mol. The monoisotopic (exact) mass is 487 g/mol. The number of carbonyl (C=O) groups is 1. The summed E-state index contributed by atoms with van der Waals surface area (Å²) in [5, 5.41) is 0.794. The lowest BCUT2D eigenvalue weighted by atomic mass is 10.0. The van der Waals surface area contributed by atoms with E-state index in [-0.39, 0.29) is 37.7 Å². The maximum Gasteiger partial charge on any atom is 0.339 e. The van der Waals surface area contributed by atoms with E-state index in [1.807, 2.05) is 13.0 Å². The molecule has 1 heterocycles. The fourth-order valence-corrected chi connectivity index (χ4v) is 3.87. The van der Waals surface area contributed by atoms with Crippen molar-refractivity contribution in [3.63, 3.8) is 0 Å². The van der Waals surface area contributed by atoms with Gasteiger partial charge in [-0.15, -0.1) is 6.58 Å². The van der Waals surface area contributed by atoms with Gasteiger partial charge in [0.15, 0.2) is 0 Å². The SMILES string of the molecule is C=CCN(Cc1cc(Br)ccc1F)C(=O)CCc1c(C)c2ccc(OC)cc2oc1=O. The van der Waals surface area contributed by atoms with Gasteiger partial charge in [0.25, 0.3) is 0 Å². The van der Waals surface area contributed by atoms with Crippen LogP contribution >= 0.6 is 15.9 Å². The molecule has 5 nitrogen and oxygen atoms in total. The third-order valence-electron chi connectivity index (χ3n) is 5.15. The zero-order valence-electron chi connectivity index (χ0n) is 17.4. The molecule has 0 radical (unpaired) electrons. The number of hydrogen-bond donors (Lipinski definition) is 0. The lowest BCUT2D eigenvalue weighted by molar-refractivity contribution is -0.131. The highest BCUT2D eigenvalue weighted by Crippen LogP contribution is 2.25. The van der Waals surface area contributed by atoms with Gasteiger partial charge in [-0.05, 0) is 49.2 Å². The highest BCUT2D eigenvalue weighted by atomic mass is 79.9. The van der Waals surface area contributed by atoms with Gasteiger partial charge in [-0.1, -0.05) is 22.0 Å². The van der Waals surface area contributed by atoms with E-state index in [4.69, 9.17) is 9.15 Å². The van der Waals surface area contributed by atoms with Gasteiger partial charge in [-0.25, -0.2) is 9.18 Å². The minimum Gasteiger partial charge on any atom is -0.497 e. The minimum absolute atomic E-state index is 0.0940. The Morgan fingerprint density at radius 3 is 2.77 bits per heavy atom. The lowest BCUT2D eigenvalue weighted by Gasteiger charge is -2.22. The largest absolute Gasteiger partial charge is 0.497 e. The first-order valence-electron chi connectivity index (χ1n) is 9.77. The summed E-state index contributed by atoms with van der Waals surface area (Å²) in [5.41, 5.74) is 1.60. The average Bonchev–Trinajstić information content (AvgIpc) is 2.75. The fraction of sp³-hybridized carbons (Fsp3) is 0.250. The first-order chi connectivity index (χ1) is 14.8. The molecule has 162 valence electrons. The van der Waals surface area contributed by atoms with Crippen molar-refractivity contribution in [2.75, 3.05) is 13.7 Å². The third kappa shape index (κ3) is 5.22. The molecule has 2 aromatic carbocycles. The zero-order chi connectivity index (χ0) is 22.5. The number of benzene rings is 2. The number of aryl methyl sites for hydroxylation is 1. The standard InChI is InChI=1S/C24H23BrFNO4/c1-4-11-27(14-16-12-17(25)5-9-21(16)26)23(28)10-8-20-15(2)19-7-6-18(30-3)13-22(19)31-24(20)29/h4-7,9,12-13H,1,8,10-11,14H2,2-3H3. The van der Waals surface area contributed by atoms with E-state index in [0.717, 1.165) is 15.4 Å². The summed E-state index contributed by atoms with van der Waals surface area (Å²) in [6.45, 7) is 5.91. The van der Waals surface area contributed by atoms with Gasteiger partial charge in [0, 0.05) is 46.6 Å². The Labute approximate surface area is 188 Å². The van der Waals surface area contributed by atoms with Crippen LogP contribution in [0.3, 0.4) is 0 Å². The lowest BCUT2D eigenvalue weighted by Crippen LogP contribution is -2.31. The molecule has 0 fully saturated rings. The van der Waals surface area contributed by atoms with Crippen LogP contribution in [0.25, 0.3) is 11.0 Å². The molecule has 0 N–H and O–H groups in total. The molecule has 1 aromatic heterocycles. The minimum atomic E-state index is -0.473. The predicted octanol–water partition coefficient (Wildman–Crippen LogP) is 5.16. The van der Waals surface area contributed by atoms with E-state index < -0.39 is 5.63 Å². The molecule has 0 saturated carbocycles. The molecule has 0 saturated heterocycles. The first-order valence-corrected chi connectivity index (χ1v) is 10.6. The van der Waals surface area contributed by atoms with Crippen molar-refractivity contribution in [3.8, 4) is 5.75 Å². The Morgan fingerprint density at radius 1 is 1.29 bits per heavy atom. The van der Waals surface area contributed by atoms with Gasteiger partial charge in [0.2, 0.25) is 5.91 Å². The molecule has 0 bridgehead atoms. The topological polar surface area (TPSA) is 59.8 Å². The van der Waals surface area contributed by atoms with Crippen LogP contribution in [0.5, 0.6) is 5.75 Å². The van der Waals surface area contributed by atoms with Gasteiger partial charge in [-0.2, -0.15) is 0 Å². The maximum atomic E-state index is 14.1. The van der Waals surface area contributed by atoms with Crippen molar-refractivity contribution in [2.24, 2.45) is 0 Å². The van der Waals surface area contributed by atoms with E-state index >= 15 is 0 Å². The number of rotatable bonds is 8. The molecule has 3 rings (SSSR count). The molecule has 3 aromatic rings. The first kappa shape index (κ1) is 22.7. The van der Waals surface area contributed by atoms with Crippen LogP contribution in [-0.4, -0.2) is 24.5 Å². The third-order valence-corrected chi connectivity index (χ3v) is 5.65. The maximum absolute atomic E-state index is 14.1. The second-order valence-electron chi connectivity index (χ2n) is 7.15.